The zero-order valence-corrected chi connectivity index (χ0v) is 16.9. The molecule has 0 spiro atoms. The maximum atomic E-state index is 12.4. The largest absolute Gasteiger partial charge is 0.465 e. The van der Waals surface area contributed by atoms with Crippen LogP contribution < -0.4 is 4.90 Å². The summed E-state index contributed by atoms with van der Waals surface area (Å²) in [5.41, 5.74) is 0.656. The van der Waals surface area contributed by atoms with Gasteiger partial charge in [-0.3, -0.25) is 9.69 Å². The highest BCUT2D eigenvalue weighted by atomic mass is 32.2. The Balaban J connectivity index is 1.83. The Hall–Kier alpha value is -2.61. The van der Waals surface area contributed by atoms with Gasteiger partial charge in [-0.1, -0.05) is 30.3 Å². The highest BCUT2D eigenvalue weighted by Gasteiger charge is 2.49. The van der Waals surface area contributed by atoms with Crippen LogP contribution in [0, 0.1) is 0 Å². The van der Waals surface area contributed by atoms with Gasteiger partial charge in [-0.2, -0.15) is 0 Å². The quantitative estimate of drug-likeness (QED) is 0.687. The molecule has 3 rings (SSSR count). The summed E-state index contributed by atoms with van der Waals surface area (Å²) in [5, 5.41) is 2.02. The van der Waals surface area contributed by atoms with Gasteiger partial charge in [-0.05, 0) is 36.8 Å². The maximum Gasteiger partial charge on any atom is 0.414 e. The molecule has 28 heavy (non-hydrogen) atoms. The van der Waals surface area contributed by atoms with E-state index < -0.39 is 32.8 Å². The lowest BCUT2D eigenvalue weighted by atomic mass is 10.0. The Morgan fingerprint density at radius 2 is 1.93 bits per heavy atom. The summed E-state index contributed by atoms with van der Waals surface area (Å²) in [6.07, 6.45) is -0.495. The van der Waals surface area contributed by atoms with Gasteiger partial charge in [0.25, 0.3) is 0 Å². The number of rotatable bonds is 6. The first-order chi connectivity index (χ1) is 13.2. The number of carbonyl (C=O) groups is 2. The molecular weight excluding hydrogens is 382 g/mol. The van der Waals surface area contributed by atoms with Crippen LogP contribution in [0.2, 0.25) is 0 Å². The van der Waals surface area contributed by atoms with Crippen molar-refractivity contribution in [3.8, 4) is 0 Å². The number of nitrogens with zero attached hydrogens (tertiary/aromatic N) is 1. The van der Waals surface area contributed by atoms with E-state index in [-0.39, 0.29) is 19.6 Å². The van der Waals surface area contributed by atoms with Crippen LogP contribution in [0.1, 0.15) is 20.3 Å². The number of esters is 1. The monoisotopic (exact) mass is 405 g/mol. The molecule has 7 nitrogen and oxygen atoms in total. The van der Waals surface area contributed by atoms with Crippen molar-refractivity contribution in [3.63, 3.8) is 0 Å². The number of fused-ring (bicyclic) bond motifs is 1. The number of ether oxygens (including phenoxy) is 2. The number of anilines is 1. The molecule has 0 aromatic heterocycles. The summed E-state index contributed by atoms with van der Waals surface area (Å²) in [5.74, 6) is -0.835. The molecule has 1 fully saturated rings. The normalized spacial score (nSPS) is 19.3. The topological polar surface area (TPSA) is 90.0 Å². The predicted molar refractivity (Wildman–Crippen MR) is 106 cm³/mol. The van der Waals surface area contributed by atoms with Crippen molar-refractivity contribution in [2.45, 2.75) is 31.1 Å². The number of carbonyl (C=O) groups excluding carboxylic acids is 2. The van der Waals surface area contributed by atoms with E-state index in [1.165, 1.54) is 11.8 Å². The second-order valence-electron chi connectivity index (χ2n) is 7.08. The SMILES string of the molecule is CCOC(=O)C(C)(C[C@H]1CN(c2ccc3ccccc3c2)C(=O)O1)S(C)(=O)=O. The van der Waals surface area contributed by atoms with E-state index in [9.17, 15) is 18.0 Å². The second kappa shape index (κ2) is 7.43. The van der Waals surface area contributed by atoms with Gasteiger partial charge < -0.3 is 9.47 Å². The van der Waals surface area contributed by atoms with E-state index in [1.54, 1.807) is 6.92 Å². The Labute approximate surface area is 164 Å². The minimum absolute atomic E-state index is 0.0671. The first kappa shape index (κ1) is 20.1. The lowest BCUT2D eigenvalue weighted by Crippen LogP contribution is -2.47. The fourth-order valence-electron chi connectivity index (χ4n) is 3.29. The molecule has 2 aromatic carbocycles. The van der Waals surface area contributed by atoms with E-state index in [0.29, 0.717) is 5.69 Å². The van der Waals surface area contributed by atoms with Crippen molar-refractivity contribution in [1.29, 1.82) is 0 Å². The minimum atomic E-state index is -3.79. The minimum Gasteiger partial charge on any atom is -0.465 e. The highest BCUT2D eigenvalue weighted by Crippen LogP contribution is 2.31. The van der Waals surface area contributed by atoms with Crippen molar-refractivity contribution in [2.75, 3.05) is 24.3 Å². The molecule has 1 aliphatic heterocycles. The zero-order chi connectivity index (χ0) is 20.5. The fraction of sp³-hybridized carbons (Fsp3) is 0.400. The molecule has 0 saturated carbocycles. The van der Waals surface area contributed by atoms with Crippen LogP contribution in [-0.2, 0) is 24.1 Å². The summed E-state index contributed by atoms with van der Waals surface area (Å²) in [4.78, 5) is 26.2. The molecule has 1 unspecified atom stereocenters. The zero-order valence-electron chi connectivity index (χ0n) is 16.0. The molecule has 1 heterocycles. The Morgan fingerprint density at radius 1 is 1.25 bits per heavy atom. The van der Waals surface area contributed by atoms with Crippen molar-refractivity contribution in [2.24, 2.45) is 0 Å². The molecule has 8 heteroatoms. The van der Waals surface area contributed by atoms with Crippen molar-refractivity contribution >= 4 is 38.4 Å². The Morgan fingerprint density at radius 3 is 2.57 bits per heavy atom. The highest BCUT2D eigenvalue weighted by molar-refractivity contribution is 7.92. The van der Waals surface area contributed by atoms with E-state index in [1.807, 2.05) is 42.5 Å². The third-order valence-corrected chi connectivity index (χ3v) is 7.03. The van der Waals surface area contributed by atoms with Gasteiger partial charge in [-0.25, -0.2) is 13.2 Å². The molecule has 0 radical (unpaired) electrons. The van der Waals surface area contributed by atoms with Gasteiger partial charge in [0.15, 0.2) is 14.6 Å². The van der Waals surface area contributed by atoms with Crippen molar-refractivity contribution in [3.05, 3.63) is 42.5 Å². The molecule has 2 aromatic rings. The van der Waals surface area contributed by atoms with Gasteiger partial charge in [0.2, 0.25) is 0 Å². The van der Waals surface area contributed by atoms with Gasteiger partial charge in [-0.15, -0.1) is 0 Å². The lowest BCUT2D eigenvalue weighted by molar-refractivity contribution is -0.146. The summed E-state index contributed by atoms with van der Waals surface area (Å²) in [6.45, 7) is 3.14. The van der Waals surface area contributed by atoms with Crippen LogP contribution in [-0.4, -0.2) is 50.7 Å². The number of cyclic esters (lactones) is 1. The van der Waals surface area contributed by atoms with Crippen molar-refractivity contribution < 1.29 is 27.5 Å². The molecule has 150 valence electrons. The van der Waals surface area contributed by atoms with E-state index >= 15 is 0 Å². The molecule has 2 atom stereocenters. The molecule has 0 aliphatic carbocycles. The number of sulfone groups is 1. The number of hydrogen-bond donors (Lipinski definition) is 0. The van der Waals surface area contributed by atoms with Crippen LogP contribution in [0.5, 0.6) is 0 Å². The van der Waals surface area contributed by atoms with Gasteiger partial charge in [0.1, 0.15) is 6.10 Å². The summed E-state index contributed by atoms with van der Waals surface area (Å²) in [7, 11) is -3.79. The molecule has 1 aliphatic rings. The standard InChI is InChI=1S/C20H23NO6S/c1-4-26-18(22)20(2,28(3,24)25)12-17-13-21(19(23)27-17)16-10-9-14-7-5-6-8-15(14)11-16/h5-11,17H,4,12-13H2,1-3H3/t17-,20?/m0/s1. The van der Waals surface area contributed by atoms with Crippen LogP contribution in [0.15, 0.2) is 42.5 Å². The third kappa shape index (κ3) is 3.69. The number of hydrogen-bond acceptors (Lipinski definition) is 6. The third-order valence-electron chi connectivity index (χ3n) is 5.06. The van der Waals surface area contributed by atoms with E-state index in [0.717, 1.165) is 17.0 Å². The Bertz CT molecular complexity index is 1020. The molecule has 0 bridgehead atoms. The smallest absolute Gasteiger partial charge is 0.414 e. The summed E-state index contributed by atoms with van der Waals surface area (Å²) < 4.78 is 33.1. The summed E-state index contributed by atoms with van der Waals surface area (Å²) in [6, 6.07) is 13.4. The fourth-order valence-corrected chi connectivity index (χ4v) is 4.14. The number of amides is 1. The molecule has 1 amide bonds. The lowest BCUT2D eigenvalue weighted by Gasteiger charge is -2.27. The van der Waals surface area contributed by atoms with E-state index in [2.05, 4.69) is 0 Å². The van der Waals surface area contributed by atoms with Crippen LogP contribution in [0.25, 0.3) is 10.8 Å². The van der Waals surface area contributed by atoms with Gasteiger partial charge in [0, 0.05) is 18.4 Å². The first-order valence-electron chi connectivity index (χ1n) is 8.99. The second-order valence-corrected chi connectivity index (χ2v) is 9.52. The van der Waals surface area contributed by atoms with Crippen LogP contribution in [0.4, 0.5) is 10.5 Å². The molecule has 1 saturated heterocycles. The average Bonchev–Trinajstić information content (AvgIpc) is 3.00. The maximum absolute atomic E-state index is 12.4. The van der Waals surface area contributed by atoms with Gasteiger partial charge >= 0.3 is 12.1 Å². The Kier molecular flexibility index (Phi) is 5.34. The number of benzene rings is 2. The van der Waals surface area contributed by atoms with Gasteiger partial charge in [0.05, 0.1) is 13.2 Å². The molecular formula is C20H23NO6S. The summed E-state index contributed by atoms with van der Waals surface area (Å²) >= 11 is 0. The first-order valence-corrected chi connectivity index (χ1v) is 10.9. The van der Waals surface area contributed by atoms with Crippen LogP contribution >= 0.6 is 0 Å². The average molecular weight is 405 g/mol. The predicted octanol–water partition coefficient (Wildman–Crippen LogP) is 2.92. The van der Waals surface area contributed by atoms with E-state index in [4.69, 9.17) is 9.47 Å². The van der Waals surface area contributed by atoms with Crippen molar-refractivity contribution in [1.82, 2.24) is 0 Å². The molecule has 0 N–H and O–H groups in total. The van der Waals surface area contributed by atoms with Crippen LogP contribution in [0.3, 0.4) is 0 Å².